The van der Waals surface area contributed by atoms with Gasteiger partial charge in [0.15, 0.2) is 0 Å². The van der Waals surface area contributed by atoms with E-state index in [1.807, 2.05) is 0 Å². The molecular formula is C58H89F2N4Se2Sn2. The van der Waals surface area contributed by atoms with Gasteiger partial charge in [-0.25, -0.2) is 0 Å². The molecule has 0 fully saturated rings. The molecule has 3 aliphatic rings. The Balaban J connectivity index is 1.71. The van der Waals surface area contributed by atoms with E-state index in [4.69, 9.17) is 12.0 Å². The maximum absolute atomic E-state index is 19.7. The first-order valence-corrected chi connectivity index (χ1v) is 50.0. The molecule has 0 saturated heterocycles. The number of benzene rings is 2. The van der Waals surface area contributed by atoms with Gasteiger partial charge in [-0.05, 0) is 0 Å². The summed E-state index contributed by atoms with van der Waals surface area (Å²) in [6.07, 6.45) is 33.0. The summed E-state index contributed by atoms with van der Waals surface area (Å²) in [5.74, 6) is -0.439. The molecule has 0 amide bonds. The summed E-state index contributed by atoms with van der Waals surface area (Å²) >= 11 is -3.22. The Morgan fingerprint density at radius 2 is 0.971 bits per heavy atom. The van der Waals surface area contributed by atoms with Crippen LogP contribution in [0.15, 0.2) is 25.3 Å². The van der Waals surface area contributed by atoms with Gasteiger partial charge in [-0.3, -0.25) is 0 Å². The van der Waals surface area contributed by atoms with Gasteiger partial charge in [0.2, 0.25) is 0 Å². The molecule has 0 bridgehead atoms. The molecule has 375 valence electrons. The standard InChI is InChI=1S/C52H71F2N4Se2.6CH3.2Sn/c1-5-9-13-17-21-25-33-51(34-26-22-18-14-10-6-2)37-29-31-39(55)49(56-59)41(37)43-45(51)48(54)44-42-38(30-32-40-50(42)58-60-57-40)52(46(44)47(43)53,35-27-23-19-15-11-7-3)36-28-24-20-16-12-8-4;;;;;;;;/h29-30,55H,5-28,33-36H2,1-4H3;6*1H3;;/b55-39?,56-49+;;;;;;;;. The molecule has 68 heavy (non-hydrogen) atoms. The molecule has 0 atom stereocenters. The molecule has 1 heterocycles. The van der Waals surface area contributed by atoms with Gasteiger partial charge in [-0.2, -0.15) is 0 Å². The minimum absolute atomic E-state index is 0.208. The minimum atomic E-state index is -3.00. The number of nitrogens with zero attached hydrogens (tertiary/aromatic N) is 3. The van der Waals surface area contributed by atoms with Gasteiger partial charge in [0.25, 0.3) is 0 Å². The first-order chi connectivity index (χ1) is 32.6. The summed E-state index contributed by atoms with van der Waals surface area (Å²) in [6.45, 7) is 9.07. The Morgan fingerprint density at radius 1 is 0.559 bits per heavy atom. The fraction of sp³-hybridized carbons (Fsp3) is 0.690. The van der Waals surface area contributed by atoms with Gasteiger partial charge in [-0.15, -0.1) is 0 Å². The van der Waals surface area contributed by atoms with E-state index in [2.05, 4.69) is 85.7 Å². The molecule has 1 N–H and O–H groups in total. The van der Waals surface area contributed by atoms with Gasteiger partial charge in [0.1, 0.15) is 0 Å². The van der Waals surface area contributed by atoms with Gasteiger partial charge in [0, 0.05) is 0 Å². The van der Waals surface area contributed by atoms with Crippen LogP contribution in [0.4, 0.5) is 8.78 Å². The van der Waals surface area contributed by atoms with Crippen molar-refractivity contribution in [1.82, 2.24) is 7.96 Å². The molecule has 0 spiro atoms. The summed E-state index contributed by atoms with van der Waals surface area (Å²) in [5, 5.41) is 9.86. The summed E-state index contributed by atoms with van der Waals surface area (Å²) in [6, 6.07) is 2.46. The Labute approximate surface area is 435 Å². The van der Waals surface area contributed by atoms with Gasteiger partial charge >= 0.3 is 440 Å². The number of fused-ring (bicyclic) bond motifs is 7. The Morgan fingerprint density at radius 3 is 1.41 bits per heavy atom. The van der Waals surface area contributed by atoms with E-state index in [1.54, 1.807) is 0 Å². The van der Waals surface area contributed by atoms with Crippen molar-refractivity contribution in [3.63, 3.8) is 0 Å². The molecule has 3 aromatic rings. The fourth-order valence-corrected chi connectivity index (χ4v) is 23.0. The van der Waals surface area contributed by atoms with E-state index in [1.165, 1.54) is 93.5 Å². The second kappa shape index (κ2) is 25.5. The number of aromatic nitrogens is 2. The number of hydrogen-bond acceptors (Lipinski definition) is 4. The second-order valence-electron chi connectivity index (χ2n) is 23.3. The molecule has 1 aromatic heterocycles. The molecule has 2 aromatic carbocycles. The predicted octanol–water partition coefficient (Wildman–Crippen LogP) is 17.1. The molecule has 0 aliphatic heterocycles. The van der Waals surface area contributed by atoms with Crippen molar-refractivity contribution in [2.24, 2.45) is 4.01 Å². The van der Waals surface area contributed by atoms with E-state index in [-0.39, 0.29) is 26.6 Å². The van der Waals surface area contributed by atoms with Gasteiger partial charge in [0.05, 0.1) is 0 Å². The van der Waals surface area contributed by atoms with Crippen LogP contribution in [-0.2, 0) is 10.8 Å². The molecule has 1 radical (unpaired) electrons. The summed E-state index contributed by atoms with van der Waals surface area (Å²) in [4.78, 5) is 14.5. The van der Waals surface area contributed by atoms with Crippen molar-refractivity contribution in [3.8, 4) is 11.1 Å². The number of halogens is 2. The zero-order chi connectivity index (χ0) is 49.3. The van der Waals surface area contributed by atoms with Crippen molar-refractivity contribution in [2.75, 3.05) is 0 Å². The van der Waals surface area contributed by atoms with Crippen LogP contribution in [0.2, 0.25) is 29.6 Å². The van der Waals surface area contributed by atoms with E-state index in [9.17, 15) is 5.41 Å². The van der Waals surface area contributed by atoms with Crippen LogP contribution in [0.5, 0.6) is 0 Å². The van der Waals surface area contributed by atoms with Crippen LogP contribution in [-0.4, -0.2) is 87.3 Å². The summed E-state index contributed by atoms with van der Waals surface area (Å²) < 4.78 is 57.2. The fourth-order valence-electron chi connectivity index (χ4n) is 12.6. The third kappa shape index (κ3) is 11.8. The quantitative estimate of drug-likeness (QED) is 0.0411. The monoisotopic (exact) mass is 1280 g/mol. The molecule has 6 rings (SSSR count). The summed E-state index contributed by atoms with van der Waals surface area (Å²) in [5.41, 5.74) is 7.32. The molecule has 0 unspecified atom stereocenters. The van der Waals surface area contributed by atoms with Gasteiger partial charge in [-0.1, -0.05) is 0 Å². The van der Waals surface area contributed by atoms with Crippen molar-refractivity contribution in [1.29, 1.82) is 5.41 Å². The van der Waals surface area contributed by atoms with Crippen molar-refractivity contribution in [3.05, 3.63) is 55.2 Å². The third-order valence-corrected chi connectivity index (χ3v) is 29.2. The Hall–Kier alpha value is -0.644. The second-order valence-corrected chi connectivity index (χ2v) is 53.6. The number of nitrogens with one attached hydrogen (secondary N) is 1. The van der Waals surface area contributed by atoms with Crippen LogP contribution in [0.25, 0.3) is 27.7 Å². The van der Waals surface area contributed by atoms with Crippen molar-refractivity contribution in [2.45, 2.75) is 248 Å². The van der Waals surface area contributed by atoms with Crippen molar-refractivity contribution < 1.29 is 8.78 Å². The van der Waals surface area contributed by atoms with Crippen LogP contribution in [0.1, 0.15) is 230 Å². The topological polar surface area (TPSA) is 62.0 Å². The maximum atomic E-state index is 19.7. The molecule has 10 heteroatoms. The number of hydrogen-bond donors (Lipinski definition) is 1. The predicted molar refractivity (Wildman–Crippen MR) is 299 cm³/mol. The van der Waals surface area contributed by atoms with E-state index < -0.39 is 47.6 Å². The van der Waals surface area contributed by atoms with E-state index >= 15 is 8.78 Å². The first kappa shape index (κ1) is 56.6. The Bertz CT molecular complexity index is 2280. The van der Waals surface area contributed by atoms with Crippen LogP contribution in [0, 0.1) is 17.0 Å². The molecule has 4 nitrogen and oxygen atoms in total. The van der Waals surface area contributed by atoms with Crippen LogP contribution >= 0.6 is 0 Å². The van der Waals surface area contributed by atoms with E-state index in [0.29, 0.717) is 39.3 Å². The molecular weight excluding hydrogens is 1190 g/mol. The average molecular weight is 1280 g/mol. The summed E-state index contributed by atoms with van der Waals surface area (Å²) in [7, 11) is 0. The molecule has 0 saturated carbocycles. The van der Waals surface area contributed by atoms with Crippen LogP contribution in [0.3, 0.4) is 0 Å². The number of rotatable bonds is 30. The first-order valence-electron chi connectivity index (χ1n) is 27.7. The van der Waals surface area contributed by atoms with E-state index in [0.717, 1.165) is 121 Å². The van der Waals surface area contributed by atoms with Crippen LogP contribution < -0.4 is 3.58 Å². The SMILES string of the molecule is CCCCCCCCC1(CCCCCCCC)C2=C(/C(=N/[Se])C(=N)[C]([Sn]([CH3])([CH3])[CH3])=C2)c2c(F)c3c(c(F)c21)-c1c(c[c]([Sn]([CH3])([CH3])[CH3])c2n[se]nc12)C3(CCCCCCCC)CCCCCCCC. The number of unbranched alkanes of at least 4 members (excludes halogenated alkanes) is 20. The van der Waals surface area contributed by atoms with Crippen molar-refractivity contribution >= 4 is 99.6 Å². The normalized spacial score (nSPS) is 16.8. The zero-order valence-corrected chi connectivity index (χ0v) is 53.5. The third-order valence-electron chi connectivity index (χ3n) is 16.2. The Kier molecular flexibility index (Phi) is 21.3. The average Bonchev–Trinajstić information content (AvgIpc) is 3.97. The number of allylic oxidation sites excluding steroid dienone is 4. The molecule has 3 aliphatic carbocycles. The van der Waals surface area contributed by atoms with Gasteiger partial charge < -0.3 is 0 Å². The zero-order valence-electron chi connectivity index (χ0n) is 44.4.